The summed E-state index contributed by atoms with van der Waals surface area (Å²) in [6.07, 6.45) is 4.91. The summed E-state index contributed by atoms with van der Waals surface area (Å²) in [7, 11) is 0. The summed E-state index contributed by atoms with van der Waals surface area (Å²) in [6, 6.07) is 8.72. The Morgan fingerprint density at radius 2 is 2.07 bits per heavy atom. The van der Waals surface area contributed by atoms with Crippen molar-refractivity contribution in [2.45, 2.75) is 36.8 Å². The molecule has 1 heteroatoms. The molecule has 0 aliphatic carbocycles. The molecule has 1 aromatic carbocycles. The summed E-state index contributed by atoms with van der Waals surface area (Å²) >= 11 is 1.91. The van der Waals surface area contributed by atoms with Gasteiger partial charge in [-0.3, -0.25) is 0 Å². The van der Waals surface area contributed by atoms with Crippen LogP contribution in [0.3, 0.4) is 0 Å². The number of hydrogen-bond acceptors (Lipinski definition) is 1. The zero-order valence-electron chi connectivity index (χ0n) is 9.79. The predicted molar refractivity (Wildman–Crippen MR) is 70.3 cm³/mol. The monoisotopic (exact) mass is 219 g/mol. The third-order valence-corrected chi connectivity index (χ3v) is 2.94. The minimum absolute atomic E-state index is 0.279. The van der Waals surface area contributed by atoms with Crippen molar-refractivity contribution in [2.75, 3.05) is 0 Å². The Hall–Kier alpha value is -0.690. The van der Waals surface area contributed by atoms with Gasteiger partial charge in [0.1, 0.15) is 0 Å². The van der Waals surface area contributed by atoms with Crippen molar-refractivity contribution in [1.82, 2.24) is 0 Å². The molecule has 0 bridgehead atoms. The van der Waals surface area contributed by atoms with Crippen molar-refractivity contribution in [3.05, 3.63) is 48.9 Å². The zero-order valence-corrected chi connectivity index (χ0v) is 10.6. The Morgan fingerprint density at radius 3 is 2.67 bits per heavy atom. The van der Waals surface area contributed by atoms with Gasteiger partial charge in [0.05, 0.1) is 0 Å². The van der Waals surface area contributed by atoms with Crippen LogP contribution in [0.5, 0.6) is 0 Å². The van der Waals surface area contributed by atoms with Crippen LogP contribution in [-0.4, -0.2) is 4.75 Å². The van der Waals surface area contributed by atoms with E-state index in [1.165, 1.54) is 10.5 Å². The molecule has 0 fully saturated rings. The molecule has 1 rings (SSSR count). The first kappa shape index (κ1) is 12.4. The first-order valence-corrected chi connectivity index (χ1v) is 6.05. The molecule has 0 spiro atoms. The van der Waals surface area contributed by atoms with E-state index in [0.717, 1.165) is 6.42 Å². The topological polar surface area (TPSA) is 0 Å². The number of allylic oxidation sites excluding steroid dienone is 2. The quantitative estimate of drug-likeness (QED) is 0.674. The normalized spacial score (nSPS) is 12.3. The highest BCUT2D eigenvalue weighted by Gasteiger charge is 2.11. The van der Waals surface area contributed by atoms with Crippen molar-refractivity contribution in [1.29, 1.82) is 0 Å². The average molecular weight is 219 g/mol. The molecule has 0 atom stereocenters. The Morgan fingerprint density at radius 1 is 1.33 bits per heavy atom. The van der Waals surface area contributed by atoms with Gasteiger partial charge in [0.15, 0.2) is 0 Å². The lowest BCUT2D eigenvalue weighted by Crippen LogP contribution is -2.06. The fourth-order valence-corrected chi connectivity index (χ4v) is 2.37. The Kier molecular flexibility index (Phi) is 4.46. The minimum Gasteiger partial charge on any atom is -0.120 e. The van der Waals surface area contributed by atoms with E-state index in [-0.39, 0.29) is 4.75 Å². The SMILES string of the molecule is [CH2]C=CCc1cccc(SC(C)(C)C)c1. The van der Waals surface area contributed by atoms with Crippen LogP contribution in [0.15, 0.2) is 41.3 Å². The van der Waals surface area contributed by atoms with E-state index in [9.17, 15) is 0 Å². The molecule has 0 heterocycles. The van der Waals surface area contributed by atoms with Gasteiger partial charge in [-0.15, -0.1) is 11.8 Å². The van der Waals surface area contributed by atoms with Gasteiger partial charge in [-0.25, -0.2) is 0 Å². The number of benzene rings is 1. The molecule has 0 N–H and O–H groups in total. The fourth-order valence-electron chi connectivity index (χ4n) is 1.31. The highest BCUT2D eigenvalue weighted by Crippen LogP contribution is 2.32. The molecule has 0 saturated carbocycles. The van der Waals surface area contributed by atoms with Gasteiger partial charge in [0.2, 0.25) is 0 Å². The standard InChI is InChI=1S/C14H19S/c1-5-6-8-12-9-7-10-13(11-12)15-14(2,3)4/h5-7,9-11H,1,8H2,2-4H3. The van der Waals surface area contributed by atoms with E-state index in [1.807, 2.05) is 17.8 Å². The molecular weight excluding hydrogens is 200 g/mol. The molecule has 15 heavy (non-hydrogen) atoms. The summed E-state index contributed by atoms with van der Waals surface area (Å²) in [5.74, 6) is 0. The average Bonchev–Trinajstić information content (AvgIpc) is 2.12. The van der Waals surface area contributed by atoms with Crippen molar-refractivity contribution in [2.24, 2.45) is 0 Å². The molecule has 0 aromatic heterocycles. The lowest BCUT2D eigenvalue weighted by Gasteiger charge is -2.17. The molecule has 1 aromatic rings. The van der Waals surface area contributed by atoms with Crippen molar-refractivity contribution in [3.63, 3.8) is 0 Å². The molecule has 1 radical (unpaired) electrons. The maximum atomic E-state index is 3.70. The van der Waals surface area contributed by atoms with Crippen LogP contribution >= 0.6 is 11.8 Å². The Balaban J connectivity index is 2.74. The maximum absolute atomic E-state index is 3.70. The van der Waals surface area contributed by atoms with Crippen molar-refractivity contribution < 1.29 is 0 Å². The highest BCUT2D eigenvalue weighted by molar-refractivity contribution is 8.00. The van der Waals surface area contributed by atoms with Crippen LogP contribution in [0.2, 0.25) is 0 Å². The smallest absolute Gasteiger partial charge is 0.0122 e. The molecule has 81 valence electrons. The van der Waals surface area contributed by atoms with Crippen LogP contribution < -0.4 is 0 Å². The van der Waals surface area contributed by atoms with Gasteiger partial charge < -0.3 is 0 Å². The van der Waals surface area contributed by atoms with E-state index in [4.69, 9.17) is 0 Å². The van der Waals surface area contributed by atoms with Crippen molar-refractivity contribution in [3.8, 4) is 0 Å². The highest BCUT2D eigenvalue weighted by atomic mass is 32.2. The third kappa shape index (κ3) is 5.08. The summed E-state index contributed by atoms with van der Waals surface area (Å²) in [5.41, 5.74) is 1.35. The van der Waals surface area contributed by atoms with E-state index in [2.05, 4.69) is 58.0 Å². The third-order valence-electron chi connectivity index (χ3n) is 1.84. The lowest BCUT2D eigenvalue weighted by molar-refractivity contribution is 0.802. The summed E-state index contributed by atoms with van der Waals surface area (Å²) in [5, 5.41) is 0. The van der Waals surface area contributed by atoms with E-state index >= 15 is 0 Å². The van der Waals surface area contributed by atoms with Crippen LogP contribution in [0.4, 0.5) is 0 Å². The van der Waals surface area contributed by atoms with Crippen LogP contribution in [0.25, 0.3) is 0 Å². The fraction of sp³-hybridized carbons (Fsp3) is 0.357. The number of rotatable bonds is 3. The molecular formula is C14H19S. The van der Waals surface area contributed by atoms with E-state index in [0.29, 0.717) is 0 Å². The van der Waals surface area contributed by atoms with Gasteiger partial charge in [0, 0.05) is 9.64 Å². The predicted octanol–water partition coefficient (Wildman–Crippen LogP) is 4.51. The van der Waals surface area contributed by atoms with Gasteiger partial charge in [0.25, 0.3) is 0 Å². The molecule has 0 saturated heterocycles. The second kappa shape index (κ2) is 5.41. The Bertz CT molecular complexity index is 331. The molecule has 0 amide bonds. The van der Waals surface area contributed by atoms with E-state index in [1.54, 1.807) is 0 Å². The Labute approximate surface area is 97.8 Å². The van der Waals surface area contributed by atoms with Crippen LogP contribution in [0, 0.1) is 6.92 Å². The summed E-state index contributed by atoms with van der Waals surface area (Å²) < 4.78 is 0.279. The lowest BCUT2D eigenvalue weighted by atomic mass is 10.1. The molecule has 0 aliphatic rings. The largest absolute Gasteiger partial charge is 0.120 e. The molecule has 0 aliphatic heterocycles. The van der Waals surface area contributed by atoms with E-state index < -0.39 is 0 Å². The first-order valence-electron chi connectivity index (χ1n) is 5.23. The minimum atomic E-state index is 0.279. The summed E-state index contributed by atoms with van der Waals surface area (Å²) in [6.45, 7) is 10.4. The van der Waals surface area contributed by atoms with Gasteiger partial charge in [-0.1, -0.05) is 45.1 Å². The second-order valence-electron chi connectivity index (χ2n) is 4.54. The molecule has 0 unspecified atom stereocenters. The molecule has 0 nitrogen and oxygen atoms in total. The zero-order chi connectivity index (χ0) is 11.3. The number of thioether (sulfide) groups is 1. The van der Waals surface area contributed by atoms with Crippen LogP contribution in [-0.2, 0) is 6.42 Å². The summed E-state index contributed by atoms with van der Waals surface area (Å²) in [4.78, 5) is 1.34. The number of hydrogen-bond donors (Lipinski definition) is 0. The van der Waals surface area contributed by atoms with Gasteiger partial charge in [-0.2, -0.15) is 0 Å². The van der Waals surface area contributed by atoms with Gasteiger partial charge in [-0.05, 0) is 31.0 Å². The first-order chi connectivity index (χ1) is 7.01. The maximum Gasteiger partial charge on any atom is 0.0122 e. The van der Waals surface area contributed by atoms with Gasteiger partial charge >= 0.3 is 0 Å². The van der Waals surface area contributed by atoms with Crippen LogP contribution in [0.1, 0.15) is 26.3 Å². The van der Waals surface area contributed by atoms with Crippen molar-refractivity contribution >= 4 is 11.8 Å². The second-order valence-corrected chi connectivity index (χ2v) is 6.44.